The summed E-state index contributed by atoms with van der Waals surface area (Å²) in [6.45, 7) is 1.73. The molecular formula is C21H28N2O2S. The molecule has 0 unspecified atom stereocenters. The Morgan fingerprint density at radius 1 is 1.08 bits per heavy atom. The minimum Gasteiger partial charge on any atom is -0.341 e. The summed E-state index contributed by atoms with van der Waals surface area (Å²) in [7, 11) is 0. The lowest BCUT2D eigenvalue weighted by atomic mass is 9.98. The van der Waals surface area contributed by atoms with Crippen molar-refractivity contribution in [3.63, 3.8) is 0 Å². The van der Waals surface area contributed by atoms with E-state index in [-0.39, 0.29) is 17.9 Å². The Labute approximate surface area is 160 Å². The Balaban J connectivity index is 1.25. The van der Waals surface area contributed by atoms with Crippen molar-refractivity contribution < 1.29 is 9.59 Å². The summed E-state index contributed by atoms with van der Waals surface area (Å²) in [4.78, 5) is 29.2. The first kappa shape index (κ1) is 17.9. The molecule has 0 radical (unpaired) electrons. The first-order valence-electron chi connectivity index (χ1n) is 9.95. The third-order valence-corrected chi connectivity index (χ3v) is 7.06. The fraction of sp³-hybridized carbons (Fsp3) is 0.619. The van der Waals surface area contributed by atoms with Crippen LogP contribution in [0, 0.1) is 5.92 Å². The van der Waals surface area contributed by atoms with Crippen LogP contribution in [0.4, 0.5) is 0 Å². The van der Waals surface area contributed by atoms with Crippen molar-refractivity contribution in [3.05, 3.63) is 35.4 Å². The topological polar surface area (TPSA) is 40.6 Å². The number of amides is 2. The molecule has 0 saturated carbocycles. The molecular weight excluding hydrogens is 344 g/mol. The van der Waals surface area contributed by atoms with Crippen molar-refractivity contribution in [2.24, 2.45) is 5.92 Å². The zero-order valence-corrected chi connectivity index (χ0v) is 16.2. The Kier molecular flexibility index (Phi) is 5.53. The van der Waals surface area contributed by atoms with Crippen LogP contribution < -0.4 is 0 Å². The molecule has 1 aromatic rings. The zero-order valence-electron chi connectivity index (χ0n) is 15.4. The van der Waals surface area contributed by atoms with Crippen molar-refractivity contribution >= 4 is 23.6 Å². The van der Waals surface area contributed by atoms with Gasteiger partial charge in [-0.3, -0.25) is 9.59 Å². The molecule has 1 aliphatic carbocycles. The molecule has 5 heteroatoms. The van der Waals surface area contributed by atoms with Gasteiger partial charge < -0.3 is 9.80 Å². The van der Waals surface area contributed by atoms with Gasteiger partial charge in [-0.05, 0) is 55.6 Å². The van der Waals surface area contributed by atoms with Gasteiger partial charge in [-0.15, -0.1) is 11.8 Å². The number of rotatable bonds is 5. The zero-order chi connectivity index (χ0) is 17.9. The second-order valence-electron chi connectivity index (χ2n) is 7.85. The third-order valence-electron chi connectivity index (χ3n) is 6.04. The number of benzene rings is 1. The van der Waals surface area contributed by atoms with E-state index in [0.717, 1.165) is 57.4 Å². The Hall–Kier alpha value is -1.49. The Morgan fingerprint density at radius 2 is 1.77 bits per heavy atom. The van der Waals surface area contributed by atoms with Gasteiger partial charge in [-0.1, -0.05) is 24.3 Å². The highest BCUT2D eigenvalue weighted by atomic mass is 32.2. The fourth-order valence-corrected chi connectivity index (χ4v) is 5.75. The van der Waals surface area contributed by atoms with E-state index in [1.807, 2.05) is 9.80 Å². The minimum absolute atomic E-state index is 0.169. The SMILES string of the molecule is O=C([C@@H]1CSCN1C(=O)CCCC1Cc2ccccc2C1)N1CCCC1. The maximum atomic E-state index is 12.7. The van der Waals surface area contributed by atoms with E-state index in [2.05, 4.69) is 24.3 Å². The van der Waals surface area contributed by atoms with Crippen molar-refractivity contribution in [2.75, 3.05) is 24.7 Å². The highest BCUT2D eigenvalue weighted by Crippen LogP contribution is 2.30. The van der Waals surface area contributed by atoms with Crippen molar-refractivity contribution in [2.45, 2.75) is 51.0 Å². The predicted octanol–water partition coefficient (Wildman–Crippen LogP) is 3.10. The molecule has 0 aromatic heterocycles. The first-order chi connectivity index (χ1) is 12.7. The summed E-state index contributed by atoms with van der Waals surface area (Å²) >= 11 is 1.71. The molecule has 2 saturated heterocycles. The van der Waals surface area contributed by atoms with Crippen LogP contribution in [-0.4, -0.2) is 52.4 Å². The van der Waals surface area contributed by atoms with E-state index < -0.39 is 0 Å². The number of carbonyl (C=O) groups is 2. The van der Waals surface area contributed by atoms with Crippen LogP contribution in [0.2, 0.25) is 0 Å². The van der Waals surface area contributed by atoms with Gasteiger partial charge in [0.15, 0.2) is 0 Å². The maximum absolute atomic E-state index is 12.7. The van der Waals surface area contributed by atoms with Gasteiger partial charge in [0.2, 0.25) is 11.8 Å². The third kappa shape index (κ3) is 3.78. The van der Waals surface area contributed by atoms with Gasteiger partial charge in [0.25, 0.3) is 0 Å². The van der Waals surface area contributed by atoms with Gasteiger partial charge in [-0.25, -0.2) is 0 Å². The van der Waals surface area contributed by atoms with E-state index in [0.29, 0.717) is 18.2 Å². The molecule has 2 aliphatic heterocycles. The average Bonchev–Trinajstić information content (AvgIpc) is 3.40. The summed E-state index contributed by atoms with van der Waals surface area (Å²) in [6.07, 6.45) is 7.12. The van der Waals surface area contributed by atoms with Crippen LogP contribution in [0.5, 0.6) is 0 Å². The highest BCUT2D eigenvalue weighted by Gasteiger charge is 2.37. The van der Waals surface area contributed by atoms with Crippen molar-refractivity contribution in [1.82, 2.24) is 9.80 Å². The number of likely N-dealkylation sites (tertiary alicyclic amines) is 1. The molecule has 26 heavy (non-hydrogen) atoms. The molecule has 0 spiro atoms. The lowest BCUT2D eigenvalue weighted by Crippen LogP contribution is -2.48. The number of carbonyl (C=O) groups excluding carboxylic acids is 2. The standard InChI is InChI=1S/C21H28N2O2S/c24-20(9-5-6-16-12-17-7-1-2-8-18(17)13-16)23-15-26-14-19(23)21(25)22-10-3-4-11-22/h1-2,7-8,16,19H,3-6,9-15H2/t19-/m0/s1. The predicted molar refractivity (Wildman–Crippen MR) is 105 cm³/mol. The van der Waals surface area contributed by atoms with E-state index in [9.17, 15) is 9.59 Å². The smallest absolute Gasteiger partial charge is 0.246 e. The maximum Gasteiger partial charge on any atom is 0.246 e. The van der Waals surface area contributed by atoms with Gasteiger partial charge in [0, 0.05) is 25.3 Å². The molecule has 3 aliphatic rings. The number of nitrogens with zero attached hydrogens (tertiary/aromatic N) is 2. The van der Waals surface area contributed by atoms with Gasteiger partial charge in [0.1, 0.15) is 6.04 Å². The second-order valence-corrected chi connectivity index (χ2v) is 8.85. The van der Waals surface area contributed by atoms with Crippen LogP contribution in [0.25, 0.3) is 0 Å². The van der Waals surface area contributed by atoms with Crippen LogP contribution in [0.1, 0.15) is 43.2 Å². The summed E-state index contributed by atoms with van der Waals surface area (Å²) < 4.78 is 0. The molecule has 4 nitrogen and oxygen atoms in total. The number of hydrogen-bond donors (Lipinski definition) is 0. The van der Waals surface area contributed by atoms with Gasteiger partial charge in [-0.2, -0.15) is 0 Å². The minimum atomic E-state index is -0.221. The largest absolute Gasteiger partial charge is 0.341 e. The molecule has 140 valence electrons. The average molecular weight is 373 g/mol. The van der Waals surface area contributed by atoms with Crippen molar-refractivity contribution in [3.8, 4) is 0 Å². The summed E-state index contributed by atoms with van der Waals surface area (Å²) in [5, 5.41) is 0. The summed E-state index contributed by atoms with van der Waals surface area (Å²) in [6, 6.07) is 8.48. The molecule has 4 rings (SSSR count). The second kappa shape index (κ2) is 8.03. The van der Waals surface area contributed by atoms with Gasteiger partial charge in [0.05, 0.1) is 5.88 Å². The highest BCUT2D eigenvalue weighted by molar-refractivity contribution is 7.99. The summed E-state index contributed by atoms with van der Waals surface area (Å²) in [5.41, 5.74) is 2.96. The van der Waals surface area contributed by atoms with E-state index in [4.69, 9.17) is 0 Å². The normalized spacial score (nSPS) is 22.8. The Morgan fingerprint density at radius 3 is 2.46 bits per heavy atom. The van der Waals surface area contributed by atoms with E-state index in [1.165, 1.54) is 11.1 Å². The Bertz CT molecular complexity index is 647. The van der Waals surface area contributed by atoms with Crippen LogP contribution in [0.3, 0.4) is 0 Å². The molecule has 2 amide bonds. The van der Waals surface area contributed by atoms with Gasteiger partial charge >= 0.3 is 0 Å². The molecule has 0 bridgehead atoms. The lowest BCUT2D eigenvalue weighted by Gasteiger charge is -2.27. The molecule has 2 fully saturated rings. The number of thioether (sulfide) groups is 1. The lowest BCUT2D eigenvalue weighted by molar-refractivity contribution is -0.142. The van der Waals surface area contributed by atoms with Crippen LogP contribution in [0.15, 0.2) is 24.3 Å². The summed E-state index contributed by atoms with van der Waals surface area (Å²) in [5.74, 6) is 2.46. The monoisotopic (exact) mass is 372 g/mol. The number of fused-ring (bicyclic) bond motifs is 1. The quantitative estimate of drug-likeness (QED) is 0.797. The van der Waals surface area contributed by atoms with Crippen LogP contribution >= 0.6 is 11.8 Å². The van der Waals surface area contributed by atoms with E-state index in [1.54, 1.807) is 11.8 Å². The fourth-order valence-electron chi connectivity index (χ4n) is 4.58. The molecule has 1 atom stereocenters. The molecule has 1 aromatic carbocycles. The molecule has 0 N–H and O–H groups in total. The first-order valence-corrected chi connectivity index (χ1v) is 11.1. The van der Waals surface area contributed by atoms with Crippen LogP contribution in [-0.2, 0) is 22.4 Å². The molecule has 2 heterocycles. The number of hydrogen-bond acceptors (Lipinski definition) is 3. The van der Waals surface area contributed by atoms with Crippen molar-refractivity contribution in [1.29, 1.82) is 0 Å². The van der Waals surface area contributed by atoms with E-state index >= 15 is 0 Å².